The van der Waals surface area contributed by atoms with Gasteiger partial charge in [0.1, 0.15) is 0 Å². The first-order chi connectivity index (χ1) is 9.03. The average Bonchev–Trinajstić information content (AvgIpc) is 2.28. The topological polar surface area (TPSA) is 18.5 Å². The SMILES string of the molecule is CC(C)CN(CCN(C)C)C(C)C(C)CNC(C)(C)C. The fourth-order valence-electron chi connectivity index (χ4n) is 2.26. The van der Waals surface area contributed by atoms with Crippen LogP contribution in [0.2, 0.25) is 0 Å². The Balaban J connectivity index is 4.46. The van der Waals surface area contributed by atoms with Crippen LogP contribution < -0.4 is 5.32 Å². The molecule has 3 heteroatoms. The summed E-state index contributed by atoms with van der Waals surface area (Å²) in [6, 6.07) is 0.618. The molecule has 2 atom stereocenters. The van der Waals surface area contributed by atoms with Gasteiger partial charge in [-0.3, -0.25) is 4.90 Å². The lowest BCUT2D eigenvalue weighted by molar-refractivity contribution is 0.128. The van der Waals surface area contributed by atoms with Crippen LogP contribution in [0.15, 0.2) is 0 Å². The molecule has 0 bridgehead atoms. The van der Waals surface area contributed by atoms with Crippen molar-refractivity contribution in [2.45, 2.75) is 60.0 Å². The molecule has 20 heavy (non-hydrogen) atoms. The van der Waals surface area contributed by atoms with Crippen molar-refractivity contribution in [2.75, 3.05) is 40.3 Å². The number of likely N-dealkylation sites (N-methyl/N-ethyl adjacent to an activating group) is 1. The summed E-state index contributed by atoms with van der Waals surface area (Å²) in [5.41, 5.74) is 0.209. The van der Waals surface area contributed by atoms with Crippen LogP contribution in [0.25, 0.3) is 0 Å². The quantitative estimate of drug-likeness (QED) is 0.703. The van der Waals surface area contributed by atoms with E-state index >= 15 is 0 Å². The van der Waals surface area contributed by atoms with Gasteiger partial charge in [-0.1, -0.05) is 20.8 Å². The summed E-state index contributed by atoms with van der Waals surface area (Å²) in [4.78, 5) is 4.93. The van der Waals surface area contributed by atoms with Crippen molar-refractivity contribution in [3.63, 3.8) is 0 Å². The molecular formula is C17H39N3. The van der Waals surface area contributed by atoms with E-state index in [1.165, 1.54) is 6.54 Å². The van der Waals surface area contributed by atoms with Gasteiger partial charge in [-0.15, -0.1) is 0 Å². The first-order valence-electron chi connectivity index (χ1n) is 8.16. The Morgan fingerprint density at radius 2 is 1.50 bits per heavy atom. The van der Waals surface area contributed by atoms with Crippen LogP contribution in [-0.4, -0.2) is 61.7 Å². The van der Waals surface area contributed by atoms with Crippen LogP contribution in [0.5, 0.6) is 0 Å². The lowest BCUT2D eigenvalue weighted by atomic mass is 9.99. The van der Waals surface area contributed by atoms with Crippen molar-refractivity contribution < 1.29 is 0 Å². The first-order valence-corrected chi connectivity index (χ1v) is 8.16. The zero-order chi connectivity index (χ0) is 15.9. The molecule has 0 saturated carbocycles. The molecule has 0 radical (unpaired) electrons. The molecule has 0 aliphatic rings. The Labute approximate surface area is 128 Å². The molecule has 0 heterocycles. The molecule has 0 aromatic rings. The molecule has 0 aliphatic carbocycles. The number of nitrogens with one attached hydrogen (secondary N) is 1. The van der Waals surface area contributed by atoms with E-state index in [0.29, 0.717) is 12.0 Å². The highest BCUT2D eigenvalue weighted by molar-refractivity contribution is 4.79. The van der Waals surface area contributed by atoms with Crippen molar-refractivity contribution in [2.24, 2.45) is 11.8 Å². The highest BCUT2D eigenvalue weighted by Crippen LogP contribution is 2.14. The molecule has 0 rings (SSSR count). The standard InChI is InChI=1S/C17H39N3/c1-14(2)13-20(11-10-19(8)9)16(4)15(3)12-18-17(5,6)7/h14-16,18H,10-13H2,1-9H3. The number of rotatable bonds is 9. The molecule has 0 saturated heterocycles. The minimum Gasteiger partial charge on any atom is -0.312 e. The van der Waals surface area contributed by atoms with Crippen molar-refractivity contribution in [1.29, 1.82) is 0 Å². The Morgan fingerprint density at radius 3 is 1.90 bits per heavy atom. The maximum Gasteiger partial charge on any atom is 0.0112 e. The molecule has 1 N–H and O–H groups in total. The maximum atomic E-state index is 3.64. The predicted octanol–water partition coefficient (Wildman–Crippen LogP) is 2.92. The Morgan fingerprint density at radius 1 is 0.950 bits per heavy atom. The second-order valence-corrected chi connectivity index (χ2v) is 8.04. The normalized spacial score (nSPS) is 16.2. The maximum absolute atomic E-state index is 3.64. The minimum absolute atomic E-state index is 0.209. The van der Waals surface area contributed by atoms with E-state index in [4.69, 9.17) is 0 Å². The molecule has 0 aromatic carbocycles. The van der Waals surface area contributed by atoms with Crippen molar-refractivity contribution in [3.8, 4) is 0 Å². The largest absolute Gasteiger partial charge is 0.312 e. The van der Waals surface area contributed by atoms with E-state index in [-0.39, 0.29) is 5.54 Å². The second-order valence-electron chi connectivity index (χ2n) is 8.04. The van der Waals surface area contributed by atoms with E-state index in [1.807, 2.05) is 0 Å². The Bertz CT molecular complexity index is 243. The van der Waals surface area contributed by atoms with Crippen molar-refractivity contribution in [1.82, 2.24) is 15.1 Å². The average molecular weight is 286 g/mol. The molecule has 3 nitrogen and oxygen atoms in total. The zero-order valence-electron chi connectivity index (χ0n) is 15.5. The van der Waals surface area contributed by atoms with Crippen LogP contribution in [0, 0.1) is 11.8 Å². The van der Waals surface area contributed by atoms with E-state index in [2.05, 4.69) is 77.7 Å². The fourth-order valence-corrected chi connectivity index (χ4v) is 2.26. The smallest absolute Gasteiger partial charge is 0.0112 e. The molecule has 0 spiro atoms. The lowest BCUT2D eigenvalue weighted by Crippen LogP contribution is -2.47. The summed E-state index contributed by atoms with van der Waals surface area (Å²) in [7, 11) is 4.31. The summed E-state index contributed by atoms with van der Waals surface area (Å²) < 4.78 is 0. The lowest BCUT2D eigenvalue weighted by Gasteiger charge is -2.36. The van der Waals surface area contributed by atoms with Gasteiger partial charge in [-0.05, 0) is 60.2 Å². The number of nitrogens with zero attached hydrogens (tertiary/aromatic N) is 2. The number of hydrogen-bond acceptors (Lipinski definition) is 3. The predicted molar refractivity (Wildman–Crippen MR) is 91.3 cm³/mol. The Kier molecular flexibility index (Phi) is 8.96. The van der Waals surface area contributed by atoms with Crippen LogP contribution >= 0.6 is 0 Å². The van der Waals surface area contributed by atoms with Crippen LogP contribution in [0.1, 0.15) is 48.5 Å². The fraction of sp³-hybridized carbons (Fsp3) is 1.00. The summed E-state index contributed by atoms with van der Waals surface area (Å²) in [6.45, 7) is 20.7. The van der Waals surface area contributed by atoms with Gasteiger partial charge in [0, 0.05) is 31.2 Å². The molecule has 0 amide bonds. The molecular weight excluding hydrogens is 246 g/mol. The summed E-state index contributed by atoms with van der Waals surface area (Å²) in [6.07, 6.45) is 0. The van der Waals surface area contributed by atoms with Gasteiger partial charge in [-0.2, -0.15) is 0 Å². The highest BCUT2D eigenvalue weighted by Gasteiger charge is 2.22. The van der Waals surface area contributed by atoms with E-state index in [1.54, 1.807) is 0 Å². The summed E-state index contributed by atoms with van der Waals surface area (Å²) >= 11 is 0. The van der Waals surface area contributed by atoms with Gasteiger partial charge in [0.15, 0.2) is 0 Å². The second kappa shape index (κ2) is 9.01. The van der Waals surface area contributed by atoms with E-state index < -0.39 is 0 Å². The molecule has 2 unspecified atom stereocenters. The van der Waals surface area contributed by atoms with Crippen molar-refractivity contribution >= 4 is 0 Å². The van der Waals surface area contributed by atoms with Gasteiger partial charge in [0.25, 0.3) is 0 Å². The molecule has 0 fully saturated rings. The van der Waals surface area contributed by atoms with Crippen LogP contribution in [0.4, 0.5) is 0 Å². The van der Waals surface area contributed by atoms with Crippen LogP contribution in [-0.2, 0) is 0 Å². The third-order valence-corrected chi connectivity index (χ3v) is 3.79. The van der Waals surface area contributed by atoms with E-state index in [9.17, 15) is 0 Å². The van der Waals surface area contributed by atoms with Gasteiger partial charge < -0.3 is 10.2 Å². The zero-order valence-corrected chi connectivity index (χ0v) is 15.5. The minimum atomic E-state index is 0.209. The number of hydrogen-bond donors (Lipinski definition) is 1. The molecule has 122 valence electrons. The third-order valence-electron chi connectivity index (χ3n) is 3.79. The summed E-state index contributed by atoms with van der Waals surface area (Å²) in [5.74, 6) is 1.39. The van der Waals surface area contributed by atoms with Gasteiger partial charge in [0.2, 0.25) is 0 Å². The van der Waals surface area contributed by atoms with Crippen LogP contribution in [0.3, 0.4) is 0 Å². The van der Waals surface area contributed by atoms with Gasteiger partial charge in [-0.25, -0.2) is 0 Å². The van der Waals surface area contributed by atoms with E-state index in [0.717, 1.165) is 25.6 Å². The molecule has 0 aromatic heterocycles. The first kappa shape index (κ1) is 19.9. The Hall–Kier alpha value is -0.120. The summed E-state index contributed by atoms with van der Waals surface area (Å²) in [5, 5.41) is 3.64. The van der Waals surface area contributed by atoms with Gasteiger partial charge >= 0.3 is 0 Å². The third kappa shape index (κ3) is 9.73. The van der Waals surface area contributed by atoms with Gasteiger partial charge in [0.05, 0.1) is 0 Å². The highest BCUT2D eigenvalue weighted by atomic mass is 15.2. The molecule has 0 aliphatic heterocycles. The van der Waals surface area contributed by atoms with Crippen molar-refractivity contribution in [3.05, 3.63) is 0 Å². The monoisotopic (exact) mass is 285 g/mol.